The lowest BCUT2D eigenvalue weighted by Gasteiger charge is -2.08. The van der Waals surface area contributed by atoms with Crippen LogP contribution in [-0.2, 0) is 12.7 Å². The number of benzene rings is 1. The first kappa shape index (κ1) is 9.97. The first-order valence-corrected chi connectivity index (χ1v) is 4.25. The Morgan fingerprint density at radius 2 is 2.07 bits per heavy atom. The predicted molar refractivity (Wildman–Crippen MR) is 49.0 cm³/mol. The number of alkyl halides is 3. The summed E-state index contributed by atoms with van der Waals surface area (Å²) in [4.78, 5) is 6.55. The molecule has 3 nitrogen and oxygen atoms in total. The van der Waals surface area contributed by atoms with Crippen LogP contribution in [-0.4, -0.2) is 9.97 Å². The molecule has 2 aromatic rings. The highest BCUT2D eigenvalue weighted by Crippen LogP contribution is 2.32. The largest absolute Gasteiger partial charge is 0.416 e. The standard InChI is InChI=1S/C9H8F3N3/c10-9(11,12)6-1-5(3-13)8-7(2-6)14-4-15-8/h1-2,4H,3,13H2,(H,14,15). The zero-order valence-electron chi connectivity index (χ0n) is 7.60. The van der Waals surface area contributed by atoms with E-state index in [0.717, 1.165) is 12.1 Å². The number of nitrogens with two attached hydrogens (primary N) is 1. The Bertz CT molecular complexity index is 487. The van der Waals surface area contributed by atoms with Gasteiger partial charge in [-0.3, -0.25) is 0 Å². The molecule has 0 fully saturated rings. The number of rotatable bonds is 1. The molecule has 3 N–H and O–H groups in total. The lowest BCUT2D eigenvalue weighted by Crippen LogP contribution is -2.07. The van der Waals surface area contributed by atoms with Crippen molar-refractivity contribution in [3.05, 3.63) is 29.6 Å². The molecule has 0 aliphatic heterocycles. The van der Waals surface area contributed by atoms with Crippen LogP contribution >= 0.6 is 0 Å². The Labute approximate surface area is 83.1 Å². The van der Waals surface area contributed by atoms with E-state index in [0.29, 0.717) is 11.1 Å². The molecule has 15 heavy (non-hydrogen) atoms. The fourth-order valence-corrected chi connectivity index (χ4v) is 1.44. The third kappa shape index (κ3) is 1.68. The molecular formula is C9H8F3N3. The minimum absolute atomic E-state index is 0.0443. The predicted octanol–water partition coefficient (Wildman–Crippen LogP) is 2.04. The second-order valence-electron chi connectivity index (χ2n) is 3.13. The maximum Gasteiger partial charge on any atom is 0.416 e. The van der Waals surface area contributed by atoms with E-state index in [-0.39, 0.29) is 12.1 Å². The van der Waals surface area contributed by atoms with Crippen LogP contribution in [0.1, 0.15) is 11.1 Å². The van der Waals surface area contributed by atoms with Crippen LogP contribution < -0.4 is 5.73 Å². The zero-order chi connectivity index (χ0) is 11.1. The van der Waals surface area contributed by atoms with E-state index in [1.54, 1.807) is 0 Å². The van der Waals surface area contributed by atoms with Crippen molar-refractivity contribution in [1.82, 2.24) is 9.97 Å². The number of nitrogens with zero attached hydrogens (tertiary/aromatic N) is 1. The van der Waals surface area contributed by atoms with Crippen molar-refractivity contribution in [2.75, 3.05) is 0 Å². The number of fused-ring (bicyclic) bond motifs is 1. The fraction of sp³-hybridized carbons (Fsp3) is 0.222. The van der Waals surface area contributed by atoms with Crippen LogP contribution in [0, 0.1) is 0 Å². The van der Waals surface area contributed by atoms with Crippen molar-refractivity contribution in [3.63, 3.8) is 0 Å². The summed E-state index contributed by atoms with van der Waals surface area (Å²) in [6, 6.07) is 2.05. The molecule has 1 aromatic heterocycles. The molecule has 0 spiro atoms. The summed E-state index contributed by atoms with van der Waals surface area (Å²) in [5.41, 5.74) is 5.91. The molecule has 2 rings (SSSR count). The van der Waals surface area contributed by atoms with Crippen molar-refractivity contribution < 1.29 is 13.2 Å². The van der Waals surface area contributed by atoms with Crippen molar-refractivity contribution in [1.29, 1.82) is 0 Å². The van der Waals surface area contributed by atoms with Crippen LogP contribution in [0.4, 0.5) is 13.2 Å². The lowest BCUT2D eigenvalue weighted by atomic mass is 10.1. The molecule has 0 aliphatic carbocycles. The Morgan fingerprint density at radius 1 is 1.33 bits per heavy atom. The minimum atomic E-state index is -4.36. The van der Waals surface area contributed by atoms with Gasteiger partial charge in [-0.25, -0.2) is 4.98 Å². The second kappa shape index (κ2) is 3.23. The van der Waals surface area contributed by atoms with Crippen molar-refractivity contribution in [2.24, 2.45) is 5.73 Å². The summed E-state index contributed by atoms with van der Waals surface area (Å²) in [5, 5.41) is 0. The average Bonchev–Trinajstić information content (AvgIpc) is 2.62. The van der Waals surface area contributed by atoms with Gasteiger partial charge in [-0.05, 0) is 17.7 Å². The smallest absolute Gasteiger partial charge is 0.344 e. The monoisotopic (exact) mass is 215 g/mol. The number of nitrogens with one attached hydrogen (secondary N) is 1. The maximum absolute atomic E-state index is 12.5. The SMILES string of the molecule is NCc1cc(C(F)(F)F)cc2nc[nH]c12. The normalized spacial score (nSPS) is 12.3. The van der Waals surface area contributed by atoms with E-state index < -0.39 is 11.7 Å². The van der Waals surface area contributed by atoms with Crippen molar-refractivity contribution in [3.8, 4) is 0 Å². The van der Waals surface area contributed by atoms with Gasteiger partial charge >= 0.3 is 6.18 Å². The number of halogens is 3. The van der Waals surface area contributed by atoms with Crippen LogP contribution in [0.5, 0.6) is 0 Å². The number of H-pyrrole nitrogens is 1. The van der Waals surface area contributed by atoms with Gasteiger partial charge in [0.15, 0.2) is 0 Å². The molecule has 0 radical (unpaired) electrons. The van der Waals surface area contributed by atoms with Gasteiger partial charge in [0.05, 0.1) is 22.9 Å². The van der Waals surface area contributed by atoms with E-state index in [9.17, 15) is 13.2 Å². The maximum atomic E-state index is 12.5. The highest BCUT2D eigenvalue weighted by Gasteiger charge is 2.31. The Balaban J connectivity index is 2.69. The number of imidazole rings is 1. The average molecular weight is 215 g/mol. The number of aromatic nitrogens is 2. The Kier molecular flexibility index (Phi) is 2.15. The second-order valence-corrected chi connectivity index (χ2v) is 3.13. The highest BCUT2D eigenvalue weighted by atomic mass is 19.4. The van der Waals surface area contributed by atoms with E-state index in [1.165, 1.54) is 6.33 Å². The molecule has 1 aromatic carbocycles. The van der Waals surface area contributed by atoms with Gasteiger partial charge in [-0.1, -0.05) is 0 Å². The summed E-state index contributed by atoms with van der Waals surface area (Å²) in [5.74, 6) is 0. The summed E-state index contributed by atoms with van der Waals surface area (Å²) >= 11 is 0. The van der Waals surface area contributed by atoms with E-state index in [4.69, 9.17) is 5.73 Å². The highest BCUT2D eigenvalue weighted by molar-refractivity contribution is 5.79. The molecule has 6 heteroatoms. The van der Waals surface area contributed by atoms with Gasteiger partial charge in [0.1, 0.15) is 0 Å². The number of aromatic amines is 1. The quantitative estimate of drug-likeness (QED) is 0.764. The summed E-state index contributed by atoms with van der Waals surface area (Å²) in [6.07, 6.45) is -3.01. The molecule has 0 saturated carbocycles. The number of hydrogen-bond donors (Lipinski definition) is 2. The van der Waals surface area contributed by atoms with Crippen molar-refractivity contribution >= 4 is 11.0 Å². The molecule has 0 atom stereocenters. The van der Waals surface area contributed by atoms with Crippen LogP contribution in [0.3, 0.4) is 0 Å². The van der Waals surface area contributed by atoms with Gasteiger partial charge < -0.3 is 10.7 Å². The molecule has 0 bridgehead atoms. The van der Waals surface area contributed by atoms with Gasteiger partial charge in [0.2, 0.25) is 0 Å². The lowest BCUT2D eigenvalue weighted by molar-refractivity contribution is -0.137. The molecule has 1 heterocycles. The Morgan fingerprint density at radius 3 is 2.67 bits per heavy atom. The third-order valence-electron chi connectivity index (χ3n) is 2.16. The molecule has 0 amide bonds. The topological polar surface area (TPSA) is 54.7 Å². The van der Waals surface area contributed by atoms with Crippen molar-refractivity contribution in [2.45, 2.75) is 12.7 Å². The molecule has 80 valence electrons. The van der Waals surface area contributed by atoms with E-state index in [1.807, 2.05) is 0 Å². The third-order valence-corrected chi connectivity index (χ3v) is 2.16. The van der Waals surface area contributed by atoms with Crippen LogP contribution in [0.2, 0.25) is 0 Å². The summed E-state index contributed by atoms with van der Waals surface area (Å²) < 4.78 is 37.4. The zero-order valence-corrected chi connectivity index (χ0v) is 7.60. The molecule has 0 aliphatic rings. The van der Waals surface area contributed by atoms with Gasteiger partial charge in [-0.15, -0.1) is 0 Å². The Hall–Kier alpha value is -1.56. The van der Waals surface area contributed by atoms with E-state index >= 15 is 0 Å². The van der Waals surface area contributed by atoms with Gasteiger partial charge in [0.25, 0.3) is 0 Å². The molecule has 0 unspecified atom stereocenters. The van der Waals surface area contributed by atoms with Crippen LogP contribution in [0.15, 0.2) is 18.5 Å². The first-order chi connectivity index (χ1) is 7.02. The minimum Gasteiger partial charge on any atom is -0.344 e. The molecule has 0 saturated heterocycles. The molecular weight excluding hydrogens is 207 g/mol. The van der Waals surface area contributed by atoms with Crippen LogP contribution in [0.25, 0.3) is 11.0 Å². The van der Waals surface area contributed by atoms with Gasteiger partial charge in [-0.2, -0.15) is 13.2 Å². The summed E-state index contributed by atoms with van der Waals surface area (Å²) in [6.45, 7) is 0.0443. The van der Waals surface area contributed by atoms with E-state index in [2.05, 4.69) is 9.97 Å². The fourth-order valence-electron chi connectivity index (χ4n) is 1.44. The van der Waals surface area contributed by atoms with Gasteiger partial charge in [0, 0.05) is 6.54 Å². The first-order valence-electron chi connectivity index (χ1n) is 4.25. The summed E-state index contributed by atoms with van der Waals surface area (Å²) in [7, 11) is 0. The number of hydrogen-bond acceptors (Lipinski definition) is 2.